The summed E-state index contributed by atoms with van der Waals surface area (Å²) in [5, 5.41) is 4.47. The van der Waals surface area contributed by atoms with Crippen molar-refractivity contribution < 1.29 is 9.53 Å². The first-order valence-electron chi connectivity index (χ1n) is 6.97. The zero-order valence-corrected chi connectivity index (χ0v) is 12.5. The molecule has 6 nitrogen and oxygen atoms in total. The van der Waals surface area contributed by atoms with Crippen molar-refractivity contribution in [2.45, 2.75) is 25.5 Å². The number of amides is 1. The molecular weight excluding hydrogens is 256 g/mol. The molecule has 0 aliphatic carbocycles. The van der Waals surface area contributed by atoms with Crippen LogP contribution in [0.15, 0.2) is 6.20 Å². The number of nitrogens with zero attached hydrogens (tertiary/aromatic N) is 4. The third-order valence-electron chi connectivity index (χ3n) is 3.52. The molecule has 0 N–H and O–H groups in total. The summed E-state index contributed by atoms with van der Waals surface area (Å²) in [4.78, 5) is 15.8. The van der Waals surface area contributed by atoms with E-state index in [4.69, 9.17) is 4.74 Å². The fraction of sp³-hybridized carbons (Fsp3) is 0.714. The van der Waals surface area contributed by atoms with Crippen LogP contribution >= 0.6 is 0 Å². The van der Waals surface area contributed by atoms with Crippen molar-refractivity contribution in [3.8, 4) is 0 Å². The largest absolute Gasteiger partial charge is 0.378 e. The molecule has 1 saturated heterocycles. The zero-order chi connectivity index (χ0) is 14.5. The lowest BCUT2D eigenvalue weighted by Gasteiger charge is -2.32. The number of hydrogen-bond donors (Lipinski definition) is 0. The summed E-state index contributed by atoms with van der Waals surface area (Å²) in [5.41, 5.74) is 0.832. The summed E-state index contributed by atoms with van der Waals surface area (Å²) in [7, 11) is 5.49. The Morgan fingerprint density at radius 2 is 2.20 bits per heavy atom. The van der Waals surface area contributed by atoms with E-state index in [2.05, 4.69) is 11.2 Å². The van der Waals surface area contributed by atoms with E-state index in [-0.39, 0.29) is 5.91 Å². The van der Waals surface area contributed by atoms with Crippen molar-refractivity contribution in [2.24, 2.45) is 0 Å². The minimum atomic E-state index is 0.209. The molecule has 111 valence electrons. The summed E-state index contributed by atoms with van der Waals surface area (Å²) in [5.74, 6) is 0.209. The SMILES string of the molecule is COCc1[c]cn(C2CCN(C(=O)CN(C)C)CC2)n1. The quantitative estimate of drug-likeness (QED) is 0.790. The predicted octanol–water partition coefficient (Wildman–Crippen LogP) is 0.555. The van der Waals surface area contributed by atoms with Crippen LogP contribution in [0.25, 0.3) is 0 Å². The van der Waals surface area contributed by atoms with Crippen molar-refractivity contribution >= 4 is 5.91 Å². The highest BCUT2D eigenvalue weighted by molar-refractivity contribution is 5.78. The summed E-state index contributed by atoms with van der Waals surface area (Å²) >= 11 is 0. The maximum Gasteiger partial charge on any atom is 0.236 e. The Bertz CT molecular complexity index is 436. The molecule has 0 spiro atoms. The smallest absolute Gasteiger partial charge is 0.236 e. The van der Waals surface area contributed by atoms with Crippen LogP contribution in [0.5, 0.6) is 0 Å². The molecule has 0 atom stereocenters. The van der Waals surface area contributed by atoms with Gasteiger partial charge in [-0.2, -0.15) is 5.10 Å². The molecule has 0 bridgehead atoms. The average Bonchev–Trinajstić information content (AvgIpc) is 2.87. The summed E-state index contributed by atoms with van der Waals surface area (Å²) in [6.07, 6.45) is 3.78. The first-order chi connectivity index (χ1) is 9.60. The Morgan fingerprint density at radius 3 is 2.80 bits per heavy atom. The third-order valence-corrected chi connectivity index (χ3v) is 3.52. The molecule has 1 fully saturated rings. The van der Waals surface area contributed by atoms with Crippen LogP contribution in [0.1, 0.15) is 24.6 Å². The van der Waals surface area contributed by atoms with Gasteiger partial charge < -0.3 is 14.5 Å². The van der Waals surface area contributed by atoms with Gasteiger partial charge in [0.2, 0.25) is 5.91 Å². The Kier molecular flexibility index (Phi) is 5.14. The van der Waals surface area contributed by atoms with E-state index in [1.54, 1.807) is 7.11 Å². The first-order valence-corrected chi connectivity index (χ1v) is 6.97. The number of likely N-dealkylation sites (N-methyl/N-ethyl adjacent to an activating group) is 1. The molecule has 0 aromatic carbocycles. The number of likely N-dealkylation sites (tertiary alicyclic amines) is 1. The van der Waals surface area contributed by atoms with Gasteiger partial charge in [-0.1, -0.05) is 0 Å². The first kappa shape index (κ1) is 15.0. The Labute approximate surface area is 120 Å². The van der Waals surface area contributed by atoms with E-state index < -0.39 is 0 Å². The highest BCUT2D eigenvalue weighted by atomic mass is 16.5. The number of hydrogen-bond acceptors (Lipinski definition) is 4. The van der Waals surface area contributed by atoms with E-state index in [1.165, 1.54) is 0 Å². The monoisotopic (exact) mass is 279 g/mol. The third kappa shape index (κ3) is 3.80. The predicted molar refractivity (Wildman–Crippen MR) is 75.2 cm³/mol. The number of methoxy groups -OCH3 is 1. The number of rotatable bonds is 5. The maximum absolute atomic E-state index is 12.0. The van der Waals surface area contributed by atoms with Crippen molar-refractivity contribution in [1.82, 2.24) is 19.6 Å². The molecule has 0 unspecified atom stereocenters. The number of piperidine rings is 1. The van der Waals surface area contributed by atoms with E-state index in [1.807, 2.05) is 34.8 Å². The molecule has 1 aromatic heterocycles. The minimum absolute atomic E-state index is 0.209. The van der Waals surface area contributed by atoms with Gasteiger partial charge in [-0.25, -0.2) is 0 Å². The number of carbonyl (C=O) groups is 1. The lowest BCUT2D eigenvalue weighted by atomic mass is 10.1. The molecule has 20 heavy (non-hydrogen) atoms. The molecule has 6 heteroatoms. The average molecular weight is 279 g/mol. The maximum atomic E-state index is 12.0. The van der Waals surface area contributed by atoms with Gasteiger partial charge in [0, 0.05) is 32.5 Å². The van der Waals surface area contributed by atoms with Gasteiger partial charge in [-0.3, -0.25) is 9.48 Å². The number of ether oxygens (including phenoxy) is 1. The molecule has 1 aliphatic heterocycles. The van der Waals surface area contributed by atoms with Crippen molar-refractivity contribution in [2.75, 3.05) is 40.8 Å². The van der Waals surface area contributed by atoms with Crippen LogP contribution in [0, 0.1) is 6.07 Å². The second kappa shape index (κ2) is 6.85. The fourth-order valence-corrected chi connectivity index (χ4v) is 2.48. The van der Waals surface area contributed by atoms with Gasteiger partial charge in [0.15, 0.2) is 0 Å². The van der Waals surface area contributed by atoms with Crippen LogP contribution in [0.2, 0.25) is 0 Å². The Hall–Kier alpha value is -1.40. The van der Waals surface area contributed by atoms with Crippen LogP contribution in [0.3, 0.4) is 0 Å². The van der Waals surface area contributed by atoms with Crippen molar-refractivity contribution in [3.05, 3.63) is 18.0 Å². The van der Waals surface area contributed by atoms with Gasteiger partial charge in [0.25, 0.3) is 0 Å². The molecule has 1 aliphatic rings. The Balaban J connectivity index is 1.85. The van der Waals surface area contributed by atoms with Crippen LogP contribution in [-0.4, -0.2) is 66.3 Å². The highest BCUT2D eigenvalue weighted by Crippen LogP contribution is 2.22. The molecular formula is C14H23N4O2. The van der Waals surface area contributed by atoms with E-state index in [0.29, 0.717) is 19.2 Å². The zero-order valence-electron chi connectivity index (χ0n) is 12.5. The lowest BCUT2D eigenvalue weighted by Crippen LogP contribution is -2.43. The van der Waals surface area contributed by atoms with E-state index in [0.717, 1.165) is 31.6 Å². The molecule has 2 rings (SSSR count). The van der Waals surface area contributed by atoms with E-state index in [9.17, 15) is 4.79 Å². The second-order valence-electron chi connectivity index (χ2n) is 5.48. The van der Waals surface area contributed by atoms with Crippen LogP contribution in [0.4, 0.5) is 0 Å². The topological polar surface area (TPSA) is 50.6 Å². The molecule has 1 radical (unpaired) electrons. The molecule has 0 saturated carbocycles. The highest BCUT2D eigenvalue weighted by Gasteiger charge is 2.24. The number of carbonyl (C=O) groups excluding carboxylic acids is 1. The van der Waals surface area contributed by atoms with Crippen molar-refractivity contribution in [1.29, 1.82) is 0 Å². The molecule has 2 heterocycles. The van der Waals surface area contributed by atoms with Crippen molar-refractivity contribution in [3.63, 3.8) is 0 Å². The van der Waals surface area contributed by atoms with Gasteiger partial charge >= 0.3 is 0 Å². The summed E-state index contributed by atoms with van der Waals surface area (Å²) < 4.78 is 7.01. The van der Waals surface area contributed by atoms with Gasteiger partial charge in [0.05, 0.1) is 24.9 Å². The molecule has 1 amide bonds. The summed E-state index contributed by atoms with van der Waals surface area (Å²) in [6.45, 7) is 2.58. The second-order valence-corrected chi connectivity index (χ2v) is 5.48. The molecule has 1 aromatic rings. The van der Waals surface area contributed by atoms with Gasteiger partial charge in [-0.15, -0.1) is 0 Å². The normalized spacial score (nSPS) is 16.9. The fourth-order valence-electron chi connectivity index (χ4n) is 2.48. The number of aromatic nitrogens is 2. The van der Waals surface area contributed by atoms with Gasteiger partial charge in [-0.05, 0) is 26.9 Å². The van der Waals surface area contributed by atoms with Gasteiger partial charge in [0.1, 0.15) is 0 Å². The standard InChI is InChI=1S/C14H23N4O2/c1-16(2)10-14(19)17-7-5-13(6-8-17)18-9-4-12(15-18)11-20-3/h9,13H,5-8,10-11H2,1-3H3. The van der Waals surface area contributed by atoms with Crippen LogP contribution in [-0.2, 0) is 16.1 Å². The lowest BCUT2D eigenvalue weighted by molar-refractivity contribution is -0.133. The Morgan fingerprint density at radius 1 is 1.50 bits per heavy atom. The van der Waals surface area contributed by atoms with E-state index >= 15 is 0 Å². The summed E-state index contributed by atoms with van der Waals surface area (Å²) in [6, 6.07) is 3.47. The van der Waals surface area contributed by atoms with Crippen LogP contribution < -0.4 is 0 Å². The minimum Gasteiger partial charge on any atom is -0.378 e.